The molecule has 2 unspecified atom stereocenters. The van der Waals surface area contributed by atoms with Crippen molar-refractivity contribution in [2.45, 2.75) is 30.9 Å². The Morgan fingerprint density at radius 1 is 1.41 bits per heavy atom. The largest absolute Gasteiger partial charge is 0.242 e. The summed E-state index contributed by atoms with van der Waals surface area (Å²) in [5.41, 5.74) is 4.64. The van der Waals surface area contributed by atoms with Gasteiger partial charge in [-0.2, -0.15) is 0 Å². The molecule has 0 radical (unpaired) electrons. The molecule has 2 rings (SSSR count). The minimum Gasteiger partial charge on any atom is -0.242 e. The Kier molecular flexibility index (Phi) is 4.42. The molecule has 0 bridgehead atoms. The molecular weight excluding hydrogens is 235 g/mol. The molecule has 94 valence electrons. The van der Waals surface area contributed by atoms with E-state index in [1.165, 1.54) is 12.1 Å². The fraction of sp³-hybridized carbons (Fsp3) is 0.538. The van der Waals surface area contributed by atoms with Gasteiger partial charge in [0.2, 0.25) is 0 Å². The number of hydrazine groups is 1. The standard InChI is InChI=1S/C13H19FN2S/c1-3-8-16-9-10(2)17-13(15-16)11-4-6-12(14)7-5-11/h4-7,10,13,15H,3,8-9H2,1-2H3. The molecule has 0 aromatic heterocycles. The zero-order chi connectivity index (χ0) is 12.3. The summed E-state index contributed by atoms with van der Waals surface area (Å²) in [6.45, 7) is 6.55. The molecule has 1 N–H and O–H groups in total. The van der Waals surface area contributed by atoms with E-state index >= 15 is 0 Å². The van der Waals surface area contributed by atoms with E-state index in [2.05, 4.69) is 24.3 Å². The molecule has 0 aliphatic carbocycles. The molecule has 2 nitrogen and oxygen atoms in total. The van der Waals surface area contributed by atoms with E-state index in [4.69, 9.17) is 0 Å². The van der Waals surface area contributed by atoms with E-state index in [0.717, 1.165) is 25.1 Å². The van der Waals surface area contributed by atoms with Crippen LogP contribution in [0.3, 0.4) is 0 Å². The summed E-state index contributed by atoms with van der Waals surface area (Å²) < 4.78 is 12.9. The molecule has 1 heterocycles. The monoisotopic (exact) mass is 254 g/mol. The van der Waals surface area contributed by atoms with E-state index in [0.29, 0.717) is 5.25 Å². The van der Waals surface area contributed by atoms with Crippen LogP contribution in [0.1, 0.15) is 31.2 Å². The summed E-state index contributed by atoms with van der Waals surface area (Å²) >= 11 is 1.90. The summed E-state index contributed by atoms with van der Waals surface area (Å²) in [5.74, 6) is -0.173. The van der Waals surface area contributed by atoms with Crippen LogP contribution in [0.5, 0.6) is 0 Å². The van der Waals surface area contributed by atoms with E-state index < -0.39 is 0 Å². The van der Waals surface area contributed by atoms with Crippen LogP contribution in [0.2, 0.25) is 0 Å². The van der Waals surface area contributed by atoms with Crippen molar-refractivity contribution in [3.63, 3.8) is 0 Å². The summed E-state index contributed by atoms with van der Waals surface area (Å²) in [5, 5.41) is 3.11. The number of rotatable bonds is 3. The van der Waals surface area contributed by atoms with Crippen molar-refractivity contribution in [3.05, 3.63) is 35.6 Å². The van der Waals surface area contributed by atoms with Crippen LogP contribution in [0.25, 0.3) is 0 Å². The second-order valence-corrected chi connectivity index (χ2v) is 6.00. The van der Waals surface area contributed by atoms with Crippen molar-refractivity contribution in [1.29, 1.82) is 0 Å². The first-order chi connectivity index (χ1) is 8.19. The number of nitrogens with zero attached hydrogens (tertiary/aromatic N) is 1. The van der Waals surface area contributed by atoms with Crippen LogP contribution < -0.4 is 5.43 Å². The van der Waals surface area contributed by atoms with Gasteiger partial charge in [0.05, 0.1) is 5.37 Å². The molecule has 1 saturated heterocycles. The molecule has 0 spiro atoms. The highest BCUT2D eigenvalue weighted by atomic mass is 32.2. The number of thioether (sulfide) groups is 1. The Hall–Kier alpha value is -0.580. The van der Waals surface area contributed by atoms with Crippen LogP contribution in [-0.4, -0.2) is 23.3 Å². The number of hydrogen-bond donors (Lipinski definition) is 1. The van der Waals surface area contributed by atoms with Crippen LogP contribution in [-0.2, 0) is 0 Å². The van der Waals surface area contributed by atoms with E-state index in [9.17, 15) is 4.39 Å². The average Bonchev–Trinajstić information content (AvgIpc) is 2.29. The molecule has 0 saturated carbocycles. The molecule has 2 atom stereocenters. The topological polar surface area (TPSA) is 15.3 Å². The van der Waals surface area contributed by atoms with Crippen molar-refractivity contribution in [2.75, 3.05) is 13.1 Å². The van der Waals surface area contributed by atoms with Crippen LogP contribution in [0, 0.1) is 5.82 Å². The number of nitrogens with one attached hydrogen (secondary N) is 1. The highest BCUT2D eigenvalue weighted by Gasteiger charge is 2.25. The van der Waals surface area contributed by atoms with Gasteiger partial charge in [0.1, 0.15) is 5.82 Å². The molecule has 1 aromatic rings. The van der Waals surface area contributed by atoms with E-state index in [-0.39, 0.29) is 11.2 Å². The molecule has 17 heavy (non-hydrogen) atoms. The van der Waals surface area contributed by atoms with Crippen molar-refractivity contribution in [1.82, 2.24) is 10.4 Å². The SMILES string of the molecule is CCCN1CC(C)SC(c2ccc(F)cc2)N1. The Balaban J connectivity index is 2.06. The van der Waals surface area contributed by atoms with Crippen molar-refractivity contribution in [3.8, 4) is 0 Å². The third kappa shape index (κ3) is 3.44. The Bertz CT molecular complexity index is 355. The van der Waals surface area contributed by atoms with Gasteiger partial charge in [-0.25, -0.2) is 14.8 Å². The first kappa shape index (κ1) is 12.9. The lowest BCUT2D eigenvalue weighted by molar-refractivity contribution is 0.173. The second-order valence-electron chi connectivity index (χ2n) is 4.45. The van der Waals surface area contributed by atoms with Gasteiger partial charge in [0.15, 0.2) is 0 Å². The van der Waals surface area contributed by atoms with Crippen LogP contribution in [0.4, 0.5) is 4.39 Å². The van der Waals surface area contributed by atoms with Gasteiger partial charge >= 0.3 is 0 Å². The van der Waals surface area contributed by atoms with Crippen molar-refractivity contribution >= 4 is 11.8 Å². The highest BCUT2D eigenvalue weighted by molar-refractivity contribution is 8.00. The Morgan fingerprint density at radius 3 is 2.76 bits per heavy atom. The maximum atomic E-state index is 12.9. The lowest BCUT2D eigenvalue weighted by Gasteiger charge is -2.37. The molecule has 1 aliphatic rings. The smallest absolute Gasteiger partial charge is 0.123 e. The third-order valence-electron chi connectivity index (χ3n) is 2.81. The minimum absolute atomic E-state index is 0.173. The summed E-state index contributed by atoms with van der Waals surface area (Å²) in [4.78, 5) is 0. The fourth-order valence-corrected chi connectivity index (χ4v) is 3.31. The summed E-state index contributed by atoms with van der Waals surface area (Å²) in [6, 6.07) is 6.78. The van der Waals surface area contributed by atoms with Crippen LogP contribution >= 0.6 is 11.8 Å². The van der Waals surface area contributed by atoms with Crippen molar-refractivity contribution < 1.29 is 4.39 Å². The molecule has 4 heteroatoms. The summed E-state index contributed by atoms with van der Waals surface area (Å²) in [7, 11) is 0. The first-order valence-corrected chi connectivity index (χ1v) is 7.05. The zero-order valence-corrected chi connectivity index (χ0v) is 11.1. The lowest BCUT2D eigenvalue weighted by Crippen LogP contribution is -2.47. The predicted octanol–water partition coefficient (Wildman–Crippen LogP) is 3.18. The third-order valence-corrected chi connectivity index (χ3v) is 4.08. The molecule has 1 aliphatic heterocycles. The van der Waals surface area contributed by atoms with Gasteiger partial charge in [-0.1, -0.05) is 26.0 Å². The predicted molar refractivity (Wildman–Crippen MR) is 71.2 cm³/mol. The van der Waals surface area contributed by atoms with Gasteiger partial charge in [0, 0.05) is 18.3 Å². The quantitative estimate of drug-likeness (QED) is 0.892. The average molecular weight is 254 g/mol. The Morgan fingerprint density at radius 2 is 2.12 bits per heavy atom. The molecule has 1 aromatic carbocycles. The zero-order valence-electron chi connectivity index (χ0n) is 10.3. The molecular formula is C13H19FN2S. The first-order valence-electron chi connectivity index (χ1n) is 6.11. The molecule has 0 amide bonds. The maximum absolute atomic E-state index is 12.9. The van der Waals surface area contributed by atoms with Gasteiger partial charge < -0.3 is 0 Å². The van der Waals surface area contributed by atoms with Gasteiger partial charge in [0.25, 0.3) is 0 Å². The lowest BCUT2D eigenvalue weighted by atomic mass is 10.2. The Labute approximate surface area is 107 Å². The van der Waals surface area contributed by atoms with Crippen LogP contribution in [0.15, 0.2) is 24.3 Å². The highest BCUT2D eigenvalue weighted by Crippen LogP contribution is 2.33. The van der Waals surface area contributed by atoms with Gasteiger partial charge in [-0.3, -0.25) is 0 Å². The number of benzene rings is 1. The van der Waals surface area contributed by atoms with Gasteiger partial charge in [-0.05, 0) is 24.1 Å². The van der Waals surface area contributed by atoms with E-state index in [1.807, 2.05) is 23.9 Å². The maximum Gasteiger partial charge on any atom is 0.123 e. The number of halogens is 1. The van der Waals surface area contributed by atoms with E-state index in [1.54, 1.807) is 0 Å². The minimum atomic E-state index is -0.173. The normalized spacial score (nSPS) is 26.1. The van der Waals surface area contributed by atoms with Gasteiger partial charge in [-0.15, -0.1) is 11.8 Å². The summed E-state index contributed by atoms with van der Waals surface area (Å²) in [6.07, 6.45) is 1.14. The molecule has 1 fully saturated rings. The van der Waals surface area contributed by atoms with Crippen molar-refractivity contribution in [2.24, 2.45) is 0 Å². The second kappa shape index (κ2) is 5.85. The number of hydrogen-bond acceptors (Lipinski definition) is 3. The fourth-order valence-electron chi connectivity index (χ4n) is 2.05.